The number of nitrogens with zero attached hydrogens (tertiary/aromatic N) is 4. The van der Waals surface area contributed by atoms with E-state index in [1.165, 1.54) is 11.9 Å². The summed E-state index contributed by atoms with van der Waals surface area (Å²) in [6, 6.07) is 0. The summed E-state index contributed by atoms with van der Waals surface area (Å²) in [5.41, 5.74) is 5.38. The highest BCUT2D eigenvalue weighted by Gasteiger charge is 2.13. The lowest BCUT2D eigenvalue weighted by Gasteiger charge is -2.10. The first-order valence-electron chi connectivity index (χ1n) is 4.42. The number of aromatic nitrogens is 4. The number of amides is 1. The maximum atomic E-state index is 11.4. The van der Waals surface area contributed by atoms with Gasteiger partial charge in [-0.3, -0.25) is 10.1 Å². The molecule has 1 aromatic heterocycles. The summed E-state index contributed by atoms with van der Waals surface area (Å²) < 4.78 is 4.97. The minimum Gasteiger partial charge on any atom is -0.380 e. The van der Waals surface area contributed by atoms with Crippen LogP contribution in [0.3, 0.4) is 0 Å². The first-order chi connectivity index (χ1) is 7.15. The normalized spacial score (nSPS) is 12.5. The van der Waals surface area contributed by atoms with Crippen LogP contribution in [0.2, 0.25) is 0 Å². The Bertz CT molecular complexity index is 321. The number of hydrogen-bond donors (Lipinski definition) is 2. The summed E-state index contributed by atoms with van der Waals surface area (Å²) in [4.78, 5) is 12.6. The van der Waals surface area contributed by atoms with Crippen molar-refractivity contribution < 1.29 is 9.53 Å². The second kappa shape index (κ2) is 5.37. The fraction of sp³-hybridized carbons (Fsp3) is 0.714. The molecule has 0 aromatic carbocycles. The van der Waals surface area contributed by atoms with Crippen molar-refractivity contribution in [1.29, 1.82) is 0 Å². The molecule has 0 saturated carbocycles. The zero-order valence-electron chi connectivity index (χ0n) is 8.67. The standard InChI is InChI=1S/C7H14N6O2/c1-13-11-7(10-12-13)9-6(14)3-5(4-8)15-2/h5H,3-4,8H2,1-2H3,(H,9,11,14). The molecular formula is C7H14N6O2. The van der Waals surface area contributed by atoms with Crippen LogP contribution in [0.15, 0.2) is 0 Å². The van der Waals surface area contributed by atoms with Crippen LogP contribution in [0.4, 0.5) is 5.95 Å². The molecule has 0 aliphatic heterocycles. The van der Waals surface area contributed by atoms with Crippen LogP contribution in [-0.4, -0.2) is 45.9 Å². The molecule has 1 heterocycles. The molecule has 0 fully saturated rings. The van der Waals surface area contributed by atoms with E-state index in [0.717, 1.165) is 0 Å². The van der Waals surface area contributed by atoms with Gasteiger partial charge in [-0.05, 0) is 5.21 Å². The van der Waals surface area contributed by atoms with Crippen molar-refractivity contribution in [2.45, 2.75) is 12.5 Å². The molecule has 8 nitrogen and oxygen atoms in total. The summed E-state index contributed by atoms with van der Waals surface area (Å²) >= 11 is 0. The van der Waals surface area contributed by atoms with Gasteiger partial charge in [0.2, 0.25) is 5.91 Å². The van der Waals surface area contributed by atoms with Crippen molar-refractivity contribution in [3.05, 3.63) is 0 Å². The molecule has 1 rings (SSSR count). The number of nitrogens with one attached hydrogen (secondary N) is 1. The van der Waals surface area contributed by atoms with Gasteiger partial charge in [-0.25, -0.2) is 0 Å². The Hall–Kier alpha value is -1.54. The van der Waals surface area contributed by atoms with Crippen molar-refractivity contribution in [1.82, 2.24) is 20.2 Å². The lowest BCUT2D eigenvalue weighted by atomic mass is 10.2. The van der Waals surface area contributed by atoms with E-state index in [-0.39, 0.29) is 30.9 Å². The molecule has 0 spiro atoms. The van der Waals surface area contributed by atoms with Crippen LogP contribution in [0.1, 0.15) is 6.42 Å². The molecule has 15 heavy (non-hydrogen) atoms. The van der Waals surface area contributed by atoms with Crippen molar-refractivity contribution in [3.8, 4) is 0 Å². The largest absolute Gasteiger partial charge is 0.380 e. The Morgan fingerprint density at radius 1 is 1.73 bits per heavy atom. The molecule has 1 unspecified atom stereocenters. The van der Waals surface area contributed by atoms with E-state index in [0.29, 0.717) is 0 Å². The van der Waals surface area contributed by atoms with E-state index in [4.69, 9.17) is 10.5 Å². The van der Waals surface area contributed by atoms with Gasteiger partial charge in [-0.15, -0.1) is 5.10 Å². The molecule has 0 aliphatic carbocycles. The van der Waals surface area contributed by atoms with Crippen LogP contribution in [0.5, 0.6) is 0 Å². The highest BCUT2D eigenvalue weighted by atomic mass is 16.5. The average Bonchev–Trinajstić information content (AvgIpc) is 2.60. The fourth-order valence-corrected chi connectivity index (χ4v) is 0.980. The molecule has 1 atom stereocenters. The third kappa shape index (κ3) is 3.60. The number of tetrazole rings is 1. The van der Waals surface area contributed by atoms with Gasteiger partial charge in [-0.2, -0.15) is 4.80 Å². The Morgan fingerprint density at radius 3 is 2.93 bits per heavy atom. The van der Waals surface area contributed by atoms with Gasteiger partial charge in [0, 0.05) is 13.7 Å². The zero-order chi connectivity index (χ0) is 11.3. The van der Waals surface area contributed by atoms with Crippen LogP contribution in [-0.2, 0) is 16.6 Å². The molecule has 8 heteroatoms. The van der Waals surface area contributed by atoms with Crippen LogP contribution in [0.25, 0.3) is 0 Å². The van der Waals surface area contributed by atoms with E-state index in [1.54, 1.807) is 7.05 Å². The summed E-state index contributed by atoms with van der Waals surface area (Å²) in [6.45, 7) is 0.290. The van der Waals surface area contributed by atoms with Crippen LogP contribution in [0, 0.1) is 0 Å². The predicted octanol–water partition coefficient (Wildman–Crippen LogP) is -1.49. The topological polar surface area (TPSA) is 108 Å². The minimum absolute atomic E-state index is 0.172. The third-order valence-electron chi connectivity index (χ3n) is 1.77. The number of ether oxygens (including phenoxy) is 1. The summed E-state index contributed by atoms with van der Waals surface area (Å²) in [6.07, 6.45) is -0.118. The minimum atomic E-state index is -0.290. The van der Waals surface area contributed by atoms with Gasteiger partial charge in [0.1, 0.15) is 0 Å². The Balaban J connectivity index is 2.42. The maximum absolute atomic E-state index is 11.4. The molecule has 3 N–H and O–H groups in total. The van der Waals surface area contributed by atoms with Gasteiger partial charge in [0.05, 0.1) is 19.6 Å². The van der Waals surface area contributed by atoms with E-state index in [2.05, 4.69) is 20.7 Å². The van der Waals surface area contributed by atoms with Crippen molar-refractivity contribution in [3.63, 3.8) is 0 Å². The molecule has 0 aliphatic rings. The first-order valence-corrected chi connectivity index (χ1v) is 4.42. The SMILES string of the molecule is COC(CN)CC(=O)Nc1nnn(C)n1. The Labute approximate surface area is 86.8 Å². The lowest BCUT2D eigenvalue weighted by molar-refractivity contribution is -0.118. The second-order valence-corrected chi connectivity index (χ2v) is 2.95. The molecule has 1 amide bonds. The number of rotatable bonds is 5. The van der Waals surface area contributed by atoms with E-state index in [9.17, 15) is 4.79 Å². The molecular weight excluding hydrogens is 200 g/mol. The van der Waals surface area contributed by atoms with Crippen molar-refractivity contribution in [2.75, 3.05) is 19.0 Å². The molecule has 84 valence electrons. The van der Waals surface area contributed by atoms with E-state index < -0.39 is 0 Å². The number of carbonyl (C=O) groups is 1. The third-order valence-corrected chi connectivity index (χ3v) is 1.77. The van der Waals surface area contributed by atoms with Gasteiger partial charge < -0.3 is 10.5 Å². The molecule has 0 radical (unpaired) electrons. The number of carbonyl (C=O) groups excluding carboxylic acids is 1. The number of nitrogens with two attached hydrogens (primary N) is 1. The predicted molar refractivity (Wildman–Crippen MR) is 51.9 cm³/mol. The molecule has 0 bridgehead atoms. The van der Waals surface area contributed by atoms with Crippen molar-refractivity contribution >= 4 is 11.9 Å². The maximum Gasteiger partial charge on any atom is 0.270 e. The molecule has 1 aromatic rings. The summed E-state index contributed by atoms with van der Waals surface area (Å²) in [5, 5.41) is 13.5. The van der Waals surface area contributed by atoms with Gasteiger partial charge >= 0.3 is 0 Å². The lowest BCUT2D eigenvalue weighted by Crippen LogP contribution is -2.28. The number of methoxy groups -OCH3 is 1. The zero-order valence-corrected chi connectivity index (χ0v) is 8.67. The quantitative estimate of drug-likeness (QED) is 0.618. The highest BCUT2D eigenvalue weighted by Crippen LogP contribution is 1.99. The second-order valence-electron chi connectivity index (χ2n) is 2.95. The van der Waals surface area contributed by atoms with Crippen LogP contribution >= 0.6 is 0 Å². The number of anilines is 1. The van der Waals surface area contributed by atoms with E-state index in [1.807, 2.05) is 0 Å². The van der Waals surface area contributed by atoms with Gasteiger partial charge in [0.15, 0.2) is 0 Å². The van der Waals surface area contributed by atoms with Crippen molar-refractivity contribution in [2.24, 2.45) is 12.8 Å². The van der Waals surface area contributed by atoms with E-state index >= 15 is 0 Å². The van der Waals surface area contributed by atoms with Gasteiger partial charge in [0.25, 0.3) is 5.95 Å². The number of aryl methyl sites for hydroxylation is 1. The average molecular weight is 214 g/mol. The Morgan fingerprint density at radius 2 is 2.47 bits per heavy atom. The number of hydrogen-bond acceptors (Lipinski definition) is 6. The molecule has 0 saturated heterocycles. The Kier molecular flexibility index (Phi) is 4.13. The van der Waals surface area contributed by atoms with Gasteiger partial charge in [-0.1, -0.05) is 5.10 Å². The monoisotopic (exact) mass is 214 g/mol. The first kappa shape index (κ1) is 11.5. The highest BCUT2D eigenvalue weighted by molar-refractivity contribution is 5.89. The van der Waals surface area contributed by atoms with Crippen LogP contribution < -0.4 is 11.1 Å². The fourth-order valence-electron chi connectivity index (χ4n) is 0.980. The summed E-state index contributed by atoms with van der Waals surface area (Å²) in [7, 11) is 3.12. The summed E-state index contributed by atoms with van der Waals surface area (Å²) in [5.74, 6) is -0.0744. The smallest absolute Gasteiger partial charge is 0.270 e.